The Morgan fingerprint density at radius 1 is 1.00 bits per heavy atom. The van der Waals surface area contributed by atoms with Gasteiger partial charge in [0.2, 0.25) is 10.0 Å². The molecular formula is C18H18BrNO6S. The molecule has 0 fully saturated rings. The molecule has 0 aliphatic carbocycles. The number of ether oxygens (including phenoxy) is 2. The second-order valence-corrected chi connectivity index (χ2v) is 8.15. The second-order valence-electron chi connectivity index (χ2n) is 5.52. The highest BCUT2D eigenvalue weighted by Crippen LogP contribution is 2.23. The summed E-state index contributed by atoms with van der Waals surface area (Å²) < 4.78 is 38.0. The van der Waals surface area contributed by atoms with E-state index in [4.69, 9.17) is 0 Å². The van der Waals surface area contributed by atoms with Gasteiger partial charge in [-0.1, -0.05) is 28.1 Å². The maximum absolute atomic E-state index is 12.7. The lowest BCUT2D eigenvalue weighted by molar-refractivity contribution is -0.141. The lowest BCUT2D eigenvalue weighted by atomic mass is 10.1. The summed E-state index contributed by atoms with van der Waals surface area (Å²) in [5, 5.41) is 0. The van der Waals surface area contributed by atoms with Crippen LogP contribution in [0.2, 0.25) is 0 Å². The van der Waals surface area contributed by atoms with Gasteiger partial charge in [-0.3, -0.25) is 4.79 Å². The zero-order valence-electron chi connectivity index (χ0n) is 14.6. The first kappa shape index (κ1) is 21.1. The maximum Gasteiger partial charge on any atom is 0.337 e. The van der Waals surface area contributed by atoms with Crippen LogP contribution in [0.1, 0.15) is 28.4 Å². The van der Waals surface area contributed by atoms with Crippen molar-refractivity contribution in [2.75, 3.05) is 14.2 Å². The van der Waals surface area contributed by atoms with Crippen molar-refractivity contribution >= 4 is 37.9 Å². The highest BCUT2D eigenvalue weighted by Gasteiger charge is 2.24. The van der Waals surface area contributed by atoms with Gasteiger partial charge in [0, 0.05) is 4.47 Å². The monoisotopic (exact) mass is 455 g/mol. The Labute approximate surface area is 165 Å². The number of esters is 2. The number of carbonyl (C=O) groups excluding carboxylic acids is 2. The SMILES string of the molecule is COC(=O)C[C@@H](NS(=O)(=O)c1ccc(C(=O)OC)cc1)c1ccc(Br)cc1. The normalized spacial score (nSPS) is 12.3. The van der Waals surface area contributed by atoms with E-state index in [1.807, 2.05) is 0 Å². The fourth-order valence-electron chi connectivity index (χ4n) is 2.32. The summed E-state index contributed by atoms with van der Waals surface area (Å²) in [5.74, 6) is -1.11. The third-order valence-corrected chi connectivity index (χ3v) is 5.77. The van der Waals surface area contributed by atoms with Gasteiger partial charge in [0.05, 0.1) is 37.1 Å². The van der Waals surface area contributed by atoms with Crippen molar-refractivity contribution in [1.29, 1.82) is 0 Å². The topological polar surface area (TPSA) is 98.8 Å². The Morgan fingerprint density at radius 2 is 1.59 bits per heavy atom. The smallest absolute Gasteiger partial charge is 0.337 e. The van der Waals surface area contributed by atoms with Gasteiger partial charge in [-0.25, -0.2) is 17.9 Å². The number of hydrogen-bond acceptors (Lipinski definition) is 6. The second kappa shape index (κ2) is 9.12. The molecule has 1 atom stereocenters. The number of sulfonamides is 1. The first-order valence-electron chi connectivity index (χ1n) is 7.80. The molecule has 1 N–H and O–H groups in total. The molecule has 0 aromatic heterocycles. The molecule has 0 aliphatic heterocycles. The van der Waals surface area contributed by atoms with Gasteiger partial charge in [-0.15, -0.1) is 0 Å². The molecule has 27 heavy (non-hydrogen) atoms. The van der Waals surface area contributed by atoms with E-state index in [0.717, 1.165) is 4.47 Å². The molecular weight excluding hydrogens is 438 g/mol. The molecule has 7 nitrogen and oxygen atoms in total. The van der Waals surface area contributed by atoms with Crippen LogP contribution >= 0.6 is 15.9 Å². The van der Waals surface area contributed by atoms with Crippen LogP contribution in [0.4, 0.5) is 0 Å². The quantitative estimate of drug-likeness (QED) is 0.644. The van der Waals surface area contributed by atoms with Crippen molar-refractivity contribution in [3.05, 3.63) is 64.1 Å². The van der Waals surface area contributed by atoms with E-state index >= 15 is 0 Å². The number of benzene rings is 2. The van der Waals surface area contributed by atoms with Crippen LogP contribution in [-0.2, 0) is 24.3 Å². The van der Waals surface area contributed by atoms with Gasteiger partial charge in [0.25, 0.3) is 0 Å². The number of hydrogen-bond donors (Lipinski definition) is 1. The minimum absolute atomic E-state index is 0.0397. The van der Waals surface area contributed by atoms with Gasteiger partial charge >= 0.3 is 11.9 Å². The third-order valence-electron chi connectivity index (χ3n) is 3.75. The highest BCUT2D eigenvalue weighted by molar-refractivity contribution is 9.10. The zero-order chi connectivity index (χ0) is 20.0. The summed E-state index contributed by atoms with van der Waals surface area (Å²) in [6.07, 6.45) is -0.169. The minimum Gasteiger partial charge on any atom is -0.469 e. The molecule has 9 heteroatoms. The molecule has 0 bridgehead atoms. The molecule has 2 aromatic carbocycles. The van der Waals surface area contributed by atoms with Crippen molar-refractivity contribution < 1.29 is 27.5 Å². The lowest BCUT2D eigenvalue weighted by Crippen LogP contribution is -2.30. The van der Waals surface area contributed by atoms with Gasteiger partial charge in [-0.05, 0) is 42.0 Å². The van der Waals surface area contributed by atoms with Gasteiger partial charge < -0.3 is 9.47 Å². The minimum atomic E-state index is -3.94. The molecule has 0 spiro atoms. The van der Waals surface area contributed by atoms with E-state index < -0.39 is 28.0 Å². The molecule has 144 valence electrons. The molecule has 0 heterocycles. The van der Waals surface area contributed by atoms with Crippen LogP contribution < -0.4 is 4.72 Å². The van der Waals surface area contributed by atoms with Crippen LogP contribution in [0.5, 0.6) is 0 Å². The maximum atomic E-state index is 12.7. The van der Waals surface area contributed by atoms with Crippen molar-refractivity contribution in [3.8, 4) is 0 Å². The first-order valence-corrected chi connectivity index (χ1v) is 10.1. The summed E-state index contributed by atoms with van der Waals surface area (Å²) in [6, 6.07) is 11.4. The molecule has 0 unspecified atom stereocenters. The largest absolute Gasteiger partial charge is 0.469 e. The first-order chi connectivity index (χ1) is 12.8. The number of nitrogens with one attached hydrogen (secondary N) is 1. The predicted molar refractivity (Wildman–Crippen MR) is 102 cm³/mol. The Morgan fingerprint density at radius 3 is 2.11 bits per heavy atom. The predicted octanol–water partition coefficient (Wildman–Crippen LogP) is 2.82. The average molecular weight is 456 g/mol. The van der Waals surface area contributed by atoms with E-state index in [2.05, 4.69) is 30.1 Å². The number of methoxy groups -OCH3 is 2. The molecule has 0 aliphatic rings. The molecule has 0 saturated heterocycles. The third kappa shape index (κ3) is 5.62. The zero-order valence-corrected chi connectivity index (χ0v) is 17.0. The van der Waals surface area contributed by atoms with E-state index in [-0.39, 0.29) is 16.9 Å². The summed E-state index contributed by atoms with van der Waals surface area (Å²) in [4.78, 5) is 23.2. The van der Waals surface area contributed by atoms with Crippen molar-refractivity contribution in [1.82, 2.24) is 4.72 Å². The van der Waals surface area contributed by atoms with E-state index in [0.29, 0.717) is 5.56 Å². The van der Waals surface area contributed by atoms with Crippen LogP contribution in [0.3, 0.4) is 0 Å². The van der Waals surface area contributed by atoms with E-state index in [9.17, 15) is 18.0 Å². The standard InChI is InChI=1S/C18H18BrNO6S/c1-25-17(21)11-16(12-3-7-14(19)8-4-12)20-27(23,24)15-9-5-13(6-10-15)18(22)26-2/h3-10,16,20H,11H2,1-2H3/t16-/m1/s1. The fraction of sp³-hybridized carbons (Fsp3) is 0.222. The number of carbonyl (C=O) groups is 2. The van der Waals surface area contributed by atoms with Crippen LogP contribution in [0.25, 0.3) is 0 Å². The van der Waals surface area contributed by atoms with Gasteiger partial charge in [-0.2, -0.15) is 0 Å². The Bertz CT molecular complexity index is 910. The van der Waals surface area contributed by atoms with Crippen LogP contribution in [0, 0.1) is 0 Å². The molecule has 2 rings (SSSR count). The highest BCUT2D eigenvalue weighted by atomic mass is 79.9. The van der Waals surface area contributed by atoms with E-state index in [1.165, 1.54) is 38.5 Å². The fourth-order valence-corrected chi connectivity index (χ4v) is 3.80. The number of halogens is 1. The Hall–Kier alpha value is -2.23. The van der Waals surface area contributed by atoms with Crippen LogP contribution in [-0.4, -0.2) is 34.6 Å². The number of rotatable bonds is 7. The molecule has 0 radical (unpaired) electrons. The summed E-state index contributed by atoms with van der Waals surface area (Å²) in [7, 11) is -1.47. The average Bonchev–Trinajstić information content (AvgIpc) is 2.67. The van der Waals surface area contributed by atoms with Gasteiger partial charge in [0.15, 0.2) is 0 Å². The summed E-state index contributed by atoms with van der Waals surface area (Å²) in [6.45, 7) is 0. The molecule has 0 amide bonds. The Kier molecular flexibility index (Phi) is 7.11. The Balaban J connectivity index is 2.30. The summed E-state index contributed by atoms with van der Waals surface area (Å²) in [5.41, 5.74) is 0.842. The van der Waals surface area contributed by atoms with Crippen molar-refractivity contribution in [3.63, 3.8) is 0 Å². The molecule has 0 saturated carbocycles. The summed E-state index contributed by atoms with van der Waals surface area (Å²) >= 11 is 3.31. The van der Waals surface area contributed by atoms with Crippen molar-refractivity contribution in [2.24, 2.45) is 0 Å². The van der Waals surface area contributed by atoms with Crippen LogP contribution in [0.15, 0.2) is 57.9 Å². The van der Waals surface area contributed by atoms with E-state index in [1.54, 1.807) is 24.3 Å². The van der Waals surface area contributed by atoms with Gasteiger partial charge in [0.1, 0.15) is 0 Å². The van der Waals surface area contributed by atoms with Crippen molar-refractivity contribution in [2.45, 2.75) is 17.4 Å². The lowest BCUT2D eigenvalue weighted by Gasteiger charge is -2.18. The molecule has 2 aromatic rings.